The molecule has 5 heteroatoms. The molecule has 4 aromatic rings. The molecule has 0 spiro atoms. The van der Waals surface area contributed by atoms with Crippen LogP contribution in [0.15, 0.2) is 72.9 Å². The lowest BCUT2D eigenvalue weighted by Gasteiger charge is -2.11. The smallest absolute Gasteiger partial charge is 0.250 e. The molecule has 0 aliphatic heterocycles. The molecule has 0 saturated heterocycles. The summed E-state index contributed by atoms with van der Waals surface area (Å²) < 4.78 is 0.818. The molecule has 0 fully saturated rings. The Kier molecular flexibility index (Phi) is 3.31. The van der Waals surface area contributed by atoms with E-state index < -0.39 is 0 Å². The van der Waals surface area contributed by atoms with Crippen LogP contribution in [-0.2, 0) is 0 Å². The summed E-state index contributed by atoms with van der Waals surface area (Å²) in [5.74, 6) is 0.143. The SMILES string of the molecule is Nc1nc(-c2ccccc2)c2cc[n+]([O-])c(-c3ccccc3)c2n1. The summed E-state index contributed by atoms with van der Waals surface area (Å²) in [6, 6.07) is 20.9. The van der Waals surface area contributed by atoms with Gasteiger partial charge in [-0.1, -0.05) is 48.5 Å². The molecule has 116 valence electrons. The lowest BCUT2D eigenvalue weighted by Crippen LogP contribution is -2.29. The highest BCUT2D eigenvalue weighted by atomic mass is 16.5. The molecule has 0 atom stereocenters. The molecule has 4 rings (SSSR count). The lowest BCUT2D eigenvalue weighted by molar-refractivity contribution is -0.592. The number of nitrogens with zero attached hydrogens (tertiary/aromatic N) is 3. The molecule has 2 aromatic carbocycles. The van der Waals surface area contributed by atoms with Crippen molar-refractivity contribution in [1.82, 2.24) is 9.97 Å². The largest absolute Gasteiger partial charge is 0.618 e. The van der Waals surface area contributed by atoms with Gasteiger partial charge >= 0.3 is 0 Å². The fourth-order valence-corrected chi connectivity index (χ4v) is 2.82. The normalized spacial score (nSPS) is 10.8. The van der Waals surface area contributed by atoms with Crippen LogP contribution >= 0.6 is 0 Å². The molecule has 2 aromatic heterocycles. The van der Waals surface area contributed by atoms with Crippen molar-refractivity contribution in [3.63, 3.8) is 0 Å². The zero-order valence-corrected chi connectivity index (χ0v) is 12.8. The number of fused-ring (bicyclic) bond motifs is 1. The number of nitrogens with two attached hydrogens (primary N) is 1. The molecule has 5 nitrogen and oxygen atoms in total. The second kappa shape index (κ2) is 5.62. The molecule has 0 unspecified atom stereocenters. The second-order valence-electron chi connectivity index (χ2n) is 5.41. The van der Waals surface area contributed by atoms with Crippen molar-refractivity contribution in [3.05, 3.63) is 78.1 Å². The Bertz CT molecular complexity index is 1020. The highest BCUT2D eigenvalue weighted by Crippen LogP contribution is 2.30. The minimum Gasteiger partial charge on any atom is -0.618 e. The summed E-state index contributed by atoms with van der Waals surface area (Å²) in [6.45, 7) is 0. The van der Waals surface area contributed by atoms with Crippen LogP contribution in [0.2, 0.25) is 0 Å². The van der Waals surface area contributed by atoms with E-state index in [1.165, 1.54) is 6.20 Å². The first-order valence-electron chi connectivity index (χ1n) is 7.54. The number of hydrogen-bond acceptors (Lipinski definition) is 4. The number of anilines is 1. The highest BCUT2D eigenvalue weighted by molar-refractivity contribution is 5.98. The summed E-state index contributed by atoms with van der Waals surface area (Å²) in [6.07, 6.45) is 1.48. The molecule has 0 bridgehead atoms. The lowest BCUT2D eigenvalue weighted by atomic mass is 10.0. The van der Waals surface area contributed by atoms with E-state index >= 15 is 0 Å². The fourth-order valence-electron chi connectivity index (χ4n) is 2.82. The predicted molar refractivity (Wildman–Crippen MR) is 93.8 cm³/mol. The van der Waals surface area contributed by atoms with Crippen molar-refractivity contribution >= 4 is 16.9 Å². The molecule has 0 radical (unpaired) electrons. The van der Waals surface area contributed by atoms with Gasteiger partial charge in [0, 0.05) is 22.6 Å². The van der Waals surface area contributed by atoms with E-state index in [0.717, 1.165) is 26.9 Å². The minimum atomic E-state index is 0.143. The maximum Gasteiger partial charge on any atom is 0.250 e. The Labute approximate surface area is 138 Å². The number of nitrogen functional groups attached to an aromatic ring is 1. The molecular weight excluding hydrogens is 300 g/mol. The number of pyridine rings is 1. The van der Waals surface area contributed by atoms with E-state index in [1.807, 2.05) is 60.7 Å². The van der Waals surface area contributed by atoms with Crippen molar-refractivity contribution in [2.45, 2.75) is 0 Å². The third-order valence-electron chi connectivity index (χ3n) is 3.88. The Morgan fingerprint density at radius 3 is 2.08 bits per heavy atom. The zero-order valence-electron chi connectivity index (χ0n) is 12.8. The predicted octanol–water partition coefficient (Wildman–Crippen LogP) is 3.18. The van der Waals surface area contributed by atoms with Crippen LogP contribution in [0, 0.1) is 5.21 Å². The van der Waals surface area contributed by atoms with Gasteiger partial charge in [0.25, 0.3) is 0 Å². The first kappa shape index (κ1) is 14.1. The first-order valence-corrected chi connectivity index (χ1v) is 7.54. The van der Waals surface area contributed by atoms with E-state index in [0.29, 0.717) is 11.2 Å². The van der Waals surface area contributed by atoms with Crippen LogP contribution in [0.1, 0.15) is 0 Å². The number of aromatic nitrogens is 3. The van der Waals surface area contributed by atoms with Gasteiger partial charge in [0.2, 0.25) is 11.6 Å². The minimum absolute atomic E-state index is 0.143. The van der Waals surface area contributed by atoms with Gasteiger partial charge in [-0.15, -0.1) is 0 Å². The van der Waals surface area contributed by atoms with Crippen molar-refractivity contribution in [3.8, 4) is 22.5 Å². The molecule has 2 heterocycles. The van der Waals surface area contributed by atoms with E-state index in [9.17, 15) is 5.21 Å². The van der Waals surface area contributed by atoms with Gasteiger partial charge in [-0.05, 0) is 12.1 Å². The molecule has 0 aliphatic rings. The molecule has 24 heavy (non-hydrogen) atoms. The number of rotatable bonds is 2. The monoisotopic (exact) mass is 314 g/mol. The second-order valence-corrected chi connectivity index (χ2v) is 5.41. The number of benzene rings is 2. The van der Waals surface area contributed by atoms with E-state index in [4.69, 9.17) is 5.73 Å². The Balaban J connectivity index is 2.09. The van der Waals surface area contributed by atoms with Crippen LogP contribution in [0.25, 0.3) is 33.4 Å². The van der Waals surface area contributed by atoms with Gasteiger partial charge in [-0.2, -0.15) is 4.73 Å². The van der Waals surface area contributed by atoms with E-state index in [2.05, 4.69) is 9.97 Å². The van der Waals surface area contributed by atoms with Crippen LogP contribution < -0.4 is 10.5 Å². The van der Waals surface area contributed by atoms with Gasteiger partial charge < -0.3 is 10.9 Å². The molecule has 0 amide bonds. The number of hydrogen-bond donors (Lipinski definition) is 1. The van der Waals surface area contributed by atoms with Gasteiger partial charge in [0.05, 0.1) is 5.69 Å². The summed E-state index contributed by atoms with van der Waals surface area (Å²) in [5, 5.41) is 13.2. The van der Waals surface area contributed by atoms with Crippen molar-refractivity contribution < 1.29 is 4.73 Å². The quantitative estimate of drug-likeness (QED) is 0.455. The fraction of sp³-hybridized carbons (Fsp3) is 0. The average molecular weight is 314 g/mol. The van der Waals surface area contributed by atoms with Crippen molar-refractivity contribution in [1.29, 1.82) is 0 Å². The average Bonchev–Trinajstić information content (AvgIpc) is 2.62. The molecular formula is C19H14N4O. The maximum atomic E-state index is 12.4. The van der Waals surface area contributed by atoms with Gasteiger partial charge in [-0.3, -0.25) is 0 Å². The summed E-state index contributed by atoms with van der Waals surface area (Å²) in [7, 11) is 0. The maximum absolute atomic E-state index is 12.4. The highest BCUT2D eigenvalue weighted by Gasteiger charge is 2.19. The zero-order chi connectivity index (χ0) is 16.5. The van der Waals surface area contributed by atoms with Crippen LogP contribution in [0.5, 0.6) is 0 Å². The van der Waals surface area contributed by atoms with Crippen molar-refractivity contribution in [2.75, 3.05) is 5.73 Å². The standard InChI is InChI=1S/C19H14N4O/c20-19-21-16(13-7-3-1-4-8-13)15-11-12-23(24)18(17(15)22-19)14-9-5-2-6-10-14/h1-12H,(H2,20,21,22). The summed E-state index contributed by atoms with van der Waals surface area (Å²) in [4.78, 5) is 8.74. The van der Waals surface area contributed by atoms with Crippen LogP contribution in [0.4, 0.5) is 5.95 Å². The first-order chi connectivity index (χ1) is 11.7. The third kappa shape index (κ3) is 2.32. The third-order valence-corrected chi connectivity index (χ3v) is 3.88. The Morgan fingerprint density at radius 2 is 1.42 bits per heavy atom. The summed E-state index contributed by atoms with van der Waals surface area (Å²) in [5.41, 5.74) is 9.38. The molecule has 0 aliphatic carbocycles. The Hall–Kier alpha value is -3.47. The Morgan fingerprint density at radius 1 is 0.792 bits per heavy atom. The van der Waals surface area contributed by atoms with Gasteiger partial charge in [0.15, 0.2) is 6.20 Å². The molecule has 0 saturated carbocycles. The van der Waals surface area contributed by atoms with Crippen molar-refractivity contribution in [2.24, 2.45) is 0 Å². The van der Waals surface area contributed by atoms with Crippen LogP contribution in [-0.4, -0.2) is 9.97 Å². The van der Waals surface area contributed by atoms with Gasteiger partial charge in [-0.25, -0.2) is 9.97 Å². The van der Waals surface area contributed by atoms with E-state index in [-0.39, 0.29) is 5.95 Å². The topological polar surface area (TPSA) is 78.7 Å². The van der Waals surface area contributed by atoms with Crippen LogP contribution in [0.3, 0.4) is 0 Å². The van der Waals surface area contributed by atoms with E-state index in [1.54, 1.807) is 6.07 Å². The van der Waals surface area contributed by atoms with Gasteiger partial charge in [0.1, 0.15) is 5.52 Å². The molecule has 2 N–H and O–H groups in total. The summed E-state index contributed by atoms with van der Waals surface area (Å²) >= 11 is 0.